The quantitative estimate of drug-likeness (QED) is 0.672. The average molecular weight is 228 g/mol. The highest BCUT2D eigenvalue weighted by Gasteiger charge is 2.10. The molecular formula is C13H12N2S. The van der Waals surface area contributed by atoms with E-state index in [1.165, 1.54) is 16.0 Å². The predicted octanol–water partition coefficient (Wildman–Crippen LogP) is 3.91. The largest absolute Gasteiger partial charge is 0.357 e. The molecule has 3 rings (SSSR count). The number of rotatable bonds is 1. The van der Waals surface area contributed by atoms with Crippen LogP contribution in [0.1, 0.15) is 11.3 Å². The predicted molar refractivity (Wildman–Crippen MR) is 68.9 cm³/mol. The first-order valence-electron chi connectivity index (χ1n) is 5.26. The average Bonchev–Trinajstić information content (AvgIpc) is 2.81. The van der Waals surface area contributed by atoms with Gasteiger partial charge in [-0.1, -0.05) is 12.1 Å². The molecule has 2 aromatic heterocycles. The molecule has 2 heterocycles. The molecule has 0 radical (unpaired) electrons. The molecule has 0 bridgehead atoms. The van der Waals surface area contributed by atoms with Gasteiger partial charge in [-0.05, 0) is 37.6 Å². The Bertz CT molecular complexity index is 616. The topological polar surface area (TPSA) is 28.7 Å². The molecule has 0 atom stereocenters. The van der Waals surface area contributed by atoms with Crippen LogP contribution in [0.2, 0.25) is 0 Å². The molecule has 3 aromatic rings. The molecule has 0 saturated heterocycles. The van der Waals surface area contributed by atoms with E-state index in [0.29, 0.717) is 0 Å². The van der Waals surface area contributed by atoms with Crippen molar-refractivity contribution in [3.8, 4) is 10.7 Å². The second-order valence-electron chi connectivity index (χ2n) is 4.00. The first kappa shape index (κ1) is 9.60. The number of nitrogens with zero attached hydrogens (tertiary/aromatic N) is 1. The summed E-state index contributed by atoms with van der Waals surface area (Å²) >= 11 is 1.74. The van der Waals surface area contributed by atoms with E-state index in [0.717, 1.165) is 16.2 Å². The molecule has 3 heteroatoms. The number of thiazole rings is 1. The smallest absolute Gasteiger partial charge is 0.141 e. The second-order valence-corrected chi connectivity index (χ2v) is 5.03. The minimum absolute atomic E-state index is 1.08. The number of nitrogens with one attached hydrogen (secondary N) is 1. The van der Waals surface area contributed by atoms with Crippen LogP contribution < -0.4 is 0 Å². The molecule has 1 N–H and O–H groups in total. The van der Waals surface area contributed by atoms with Crippen LogP contribution in [0.25, 0.3) is 20.9 Å². The van der Waals surface area contributed by atoms with Crippen molar-refractivity contribution in [3.05, 3.63) is 41.6 Å². The standard InChI is InChI=1S/C13H12N2S/c1-8-7-9(2)14-12(8)13-15-10-5-3-4-6-11(10)16-13/h3-7,14H,1-2H3. The van der Waals surface area contributed by atoms with Crippen LogP contribution >= 0.6 is 11.3 Å². The second kappa shape index (κ2) is 3.46. The van der Waals surface area contributed by atoms with Crippen LogP contribution in [0.4, 0.5) is 0 Å². The van der Waals surface area contributed by atoms with Gasteiger partial charge in [0.05, 0.1) is 15.9 Å². The molecular weight excluding hydrogens is 216 g/mol. The summed E-state index contributed by atoms with van der Waals surface area (Å²) in [4.78, 5) is 8.01. The number of benzene rings is 1. The molecule has 0 aliphatic carbocycles. The minimum atomic E-state index is 1.08. The number of fused-ring (bicyclic) bond motifs is 1. The van der Waals surface area contributed by atoms with Crippen LogP contribution in [0.3, 0.4) is 0 Å². The van der Waals surface area contributed by atoms with Crippen molar-refractivity contribution in [1.29, 1.82) is 0 Å². The zero-order valence-corrected chi connectivity index (χ0v) is 10.1. The van der Waals surface area contributed by atoms with Gasteiger partial charge < -0.3 is 4.98 Å². The lowest BCUT2D eigenvalue weighted by molar-refractivity contribution is 1.26. The van der Waals surface area contributed by atoms with Crippen molar-refractivity contribution in [2.45, 2.75) is 13.8 Å². The summed E-state index contributed by atoms with van der Waals surface area (Å²) in [7, 11) is 0. The molecule has 0 aliphatic rings. The number of H-pyrrole nitrogens is 1. The Morgan fingerprint density at radius 1 is 1.19 bits per heavy atom. The van der Waals surface area contributed by atoms with Crippen molar-refractivity contribution in [1.82, 2.24) is 9.97 Å². The van der Waals surface area contributed by atoms with Gasteiger partial charge in [-0.15, -0.1) is 11.3 Å². The van der Waals surface area contributed by atoms with E-state index in [1.807, 2.05) is 6.07 Å². The van der Waals surface area contributed by atoms with Crippen molar-refractivity contribution in [2.24, 2.45) is 0 Å². The molecule has 1 aromatic carbocycles. The summed E-state index contributed by atoms with van der Waals surface area (Å²) in [5.74, 6) is 0. The van der Waals surface area contributed by atoms with Gasteiger partial charge in [0.2, 0.25) is 0 Å². The fourth-order valence-electron chi connectivity index (χ4n) is 1.93. The van der Waals surface area contributed by atoms with E-state index in [4.69, 9.17) is 0 Å². The van der Waals surface area contributed by atoms with Crippen LogP contribution in [0.5, 0.6) is 0 Å². The third-order valence-electron chi connectivity index (χ3n) is 2.66. The Hall–Kier alpha value is -1.61. The van der Waals surface area contributed by atoms with Crippen molar-refractivity contribution in [2.75, 3.05) is 0 Å². The Kier molecular flexibility index (Phi) is 2.07. The molecule has 16 heavy (non-hydrogen) atoms. The lowest BCUT2D eigenvalue weighted by Crippen LogP contribution is -1.78. The summed E-state index contributed by atoms with van der Waals surface area (Å²) in [5, 5.41) is 1.08. The fraction of sp³-hybridized carbons (Fsp3) is 0.154. The number of aromatic amines is 1. The van der Waals surface area contributed by atoms with Crippen molar-refractivity contribution in [3.63, 3.8) is 0 Å². The highest BCUT2D eigenvalue weighted by Crippen LogP contribution is 2.31. The third-order valence-corrected chi connectivity index (χ3v) is 3.71. The van der Waals surface area contributed by atoms with Gasteiger partial charge in [-0.2, -0.15) is 0 Å². The fourth-order valence-corrected chi connectivity index (χ4v) is 2.96. The van der Waals surface area contributed by atoms with Gasteiger partial charge >= 0.3 is 0 Å². The van der Waals surface area contributed by atoms with Gasteiger partial charge in [0.1, 0.15) is 5.01 Å². The molecule has 0 amide bonds. The SMILES string of the molecule is Cc1cc(C)c(-c2nc3ccccc3s2)[nH]1. The van der Waals surface area contributed by atoms with Crippen molar-refractivity contribution < 1.29 is 0 Å². The zero-order valence-electron chi connectivity index (χ0n) is 9.24. The zero-order chi connectivity index (χ0) is 11.1. The summed E-state index contributed by atoms with van der Waals surface area (Å²) in [6.07, 6.45) is 0. The molecule has 0 spiro atoms. The maximum atomic E-state index is 4.64. The van der Waals surface area contributed by atoms with Gasteiger partial charge in [0.15, 0.2) is 0 Å². The van der Waals surface area contributed by atoms with Gasteiger partial charge in [-0.25, -0.2) is 4.98 Å². The van der Waals surface area contributed by atoms with Crippen LogP contribution in [-0.2, 0) is 0 Å². The van der Waals surface area contributed by atoms with E-state index >= 15 is 0 Å². The van der Waals surface area contributed by atoms with E-state index in [-0.39, 0.29) is 0 Å². The highest BCUT2D eigenvalue weighted by molar-refractivity contribution is 7.21. The Morgan fingerprint density at radius 2 is 2.00 bits per heavy atom. The number of aryl methyl sites for hydroxylation is 2. The maximum absolute atomic E-state index is 4.64. The van der Waals surface area contributed by atoms with E-state index < -0.39 is 0 Å². The maximum Gasteiger partial charge on any atom is 0.141 e. The lowest BCUT2D eigenvalue weighted by Gasteiger charge is -1.92. The minimum Gasteiger partial charge on any atom is -0.357 e. The highest BCUT2D eigenvalue weighted by atomic mass is 32.1. The van der Waals surface area contributed by atoms with Gasteiger partial charge in [0, 0.05) is 5.69 Å². The normalized spacial score (nSPS) is 11.1. The molecule has 0 fully saturated rings. The molecule has 0 aliphatic heterocycles. The summed E-state index contributed by atoms with van der Waals surface area (Å²) in [5.41, 5.74) is 4.68. The molecule has 80 valence electrons. The van der Waals surface area contributed by atoms with E-state index in [9.17, 15) is 0 Å². The first-order chi connectivity index (χ1) is 7.74. The first-order valence-corrected chi connectivity index (χ1v) is 6.08. The Balaban J connectivity index is 2.22. The number of hydrogen-bond acceptors (Lipinski definition) is 2. The van der Waals surface area contributed by atoms with Crippen LogP contribution in [-0.4, -0.2) is 9.97 Å². The van der Waals surface area contributed by atoms with Crippen LogP contribution in [0.15, 0.2) is 30.3 Å². The number of para-hydroxylation sites is 1. The molecule has 2 nitrogen and oxygen atoms in total. The molecule has 0 unspecified atom stereocenters. The van der Waals surface area contributed by atoms with E-state index in [2.05, 4.69) is 48.1 Å². The van der Waals surface area contributed by atoms with Gasteiger partial charge in [0.25, 0.3) is 0 Å². The third kappa shape index (κ3) is 1.44. The number of aromatic nitrogens is 2. The van der Waals surface area contributed by atoms with Crippen LogP contribution in [0, 0.1) is 13.8 Å². The van der Waals surface area contributed by atoms with E-state index in [1.54, 1.807) is 11.3 Å². The van der Waals surface area contributed by atoms with Crippen molar-refractivity contribution >= 4 is 21.6 Å². The number of hydrogen-bond donors (Lipinski definition) is 1. The summed E-state index contributed by atoms with van der Waals surface area (Å²) in [6, 6.07) is 10.4. The Morgan fingerprint density at radius 3 is 2.69 bits per heavy atom. The van der Waals surface area contributed by atoms with Gasteiger partial charge in [-0.3, -0.25) is 0 Å². The lowest BCUT2D eigenvalue weighted by atomic mass is 10.3. The summed E-state index contributed by atoms with van der Waals surface area (Å²) in [6.45, 7) is 4.19. The monoisotopic (exact) mass is 228 g/mol. The molecule has 0 saturated carbocycles. The Labute approximate surface area is 98.0 Å². The summed E-state index contributed by atoms with van der Waals surface area (Å²) < 4.78 is 1.24.